The van der Waals surface area contributed by atoms with Gasteiger partial charge in [-0.2, -0.15) is 0 Å². The summed E-state index contributed by atoms with van der Waals surface area (Å²) in [5, 5.41) is 0.403. The Bertz CT molecular complexity index is 960. The van der Waals surface area contributed by atoms with E-state index in [1.165, 1.54) is 6.07 Å². The zero-order valence-electron chi connectivity index (χ0n) is 15.7. The van der Waals surface area contributed by atoms with E-state index in [0.717, 1.165) is 5.56 Å². The Kier molecular flexibility index (Phi) is 5.55. The molecule has 0 saturated carbocycles. The van der Waals surface area contributed by atoms with Crippen LogP contribution >= 0.6 is 11.6 Å². The van der Waals surface area contributed by atoms with E-state index >= 15 is 0 Å². The molecular formula is C19H23ClN2O4S. The summed E-state index contributed by atoms with van der Waals surface area (Å²) in [5.74, 6) is 1.19. The second-order valence-electron chi connectivity index (χ2n) is 6.72. The van der Waals surface area contributed by atoms with E-state index in [2.05, 4.69) is 9.62 Å². The van der Waals surface area contributed by atoms with Crippen LogP contribution in [0.4, 0.5) is 5.69 Å². The Hall–Kier alpha value is -1.96. The van der Waals surface area contributed by atoms with E-state index < -0.39 is 10.0 Å². The monoisotopic (exact) mass is 410 g/mol. The number of hydrogen-bond donors (Lipinski definition) is 1. The van der Waals surface area contributed by atoms with Crippen LogP contribution in [0.3, 0.4) is 0 Å². The molecule has 2 aromatic rings. The van der Waals surface area contributed by atoms with E-state index in [0.29, 0.717) is 40.8 Å². The minimum atomic E-state index is -3.82. The molecule has 1 aliphatic heterocycles. The van der Waals surface area contributed by atoms with Crippen molar-refractivity contribution in [3.8, 4) is 11.5 Å². The van der Waals surface area contributed by atoms with E-state index in [4.69, 9.17) is 21.1 Å². The van der Waals surface area contributed by atoms with Gasteiger partial charge in [-0.3, -0.25) is 4.72 Å². The van der Waals surface area contributed by atoms with Gasteiger partial charge in [-0.25, -0.2) is 8.42 Å². The number of hydrogen-bond acceptors (Lipinski definition) is 5. The summed E-state index contributed by atoms with van der Waals surface area (Å²) in [7, 11) is 1.75. The molecule has 0 aromatic heterocycles. The smallest absolute Gasteiger partial charge is 0.262 e. The summed E-state index contributed by atoms with van der Waals surface area (Å²) >= 11 is 6.09. The summed E-state index contributed by atoms with van der Waals surface area (Å²) in [4.78, 5) is 2.22. The zero-order valence-corrected chi connectivity index (χ0v) is 17.3. The lowest BCUT2D eigenvalue weighted by molar-refractivity contribution is 0.164. The number of methoxy groups -OCH3 is 1. The van der Waals surface area contributed by atoms with Crippen molar-refractivity contribution in [1.82, 2.24) is 4.90 Å². The van der Waals surface area contributed by atoms with Gasteiger partial charge in [0, 0.05) is 16.6 Å². The van der Waals surface area contributed by atoms with Crippen LogP contribution in [0.1, 0.15) is 11.1 Å². The number of halogens is 1. The average Bonchev–Trinajstić information content (AvgIpc) is 2.63. The first-order chi connectivity index (χ1) is 12.7. The Morgan fingerprint density at radius 1 is 1.26 bits per heavy atom. The predicted molar refractivity (Wildman–Crippen MR) is 107 cm³/mol. The zero-order chi connectivity index (χ0) is 19.8. The van der Waals surface area contributed by atoms with Crippen molar-refractivity contribution in [3.05, 3.63) is 46.5 Å². The number of ether oxygens (including phenoxy) is 2. The molecule has 6 nitrogen and oxygen atoms in total. The number of anilines is 1. The average molecular weight is 411 g/mol. The van der Waals surface area contributed by atoms with Gasteiger partial charge in [0.05, 0.1) is 17.7 Å². The topological polar surface area (TPSA) is 67.9 Å². The fourth-order valence-corrected chi connectivity index (χ4v) is 4.69. The quantitative estimate of drug-likeness (QED) is 0.818. The standard InChI is InChI=1S/C19H23ClN2O4S/c1-12-15(20)6-5-7-18(12)27(23,24)21-16-8-9-17(25-4)14-10-13(22(2)3)11-26-19(14)16/h5-9,13,21H,10-11H2,1-4H3/t13-/m1/s1. The number of likely N-dealkylation sites (N-methyl/N-ethyl adjacent to an activating group) is 1. The first-order valence-corrected chi connectivity index (χ1v) is 10.4. The first kappa shape index (κ1) is 19.8. The van der Waals surface area contributed by atoms with Crippen molar-refractivity contribution in [2.45, 2.75) is 24.3 Å². The van der Waals surface area contributed by atoms with E-state index in [1.807, 2.05) is 14.1 Å². The third kappa shape index (κ3) is 3.85. The second-order valence-corrected chi connectivity index (χ2v) is 8.78. The van der Waals surface area contributed by atoms with Gasteiger partial charge in [0.15, 0.2) is 0 Å². The lowest BCUT2D eigenvalue weighted by atomic mass is 10.00. The molecule has 8 heteroatoms. The first-order valence-electron chi connectivity index (χ1n) is 8.51. The highest BCUT2D eigenvalue weighted by Gasteiger charge is 2.29. The molecule has 0 bridgehead atoms. The summed E-state index contributed by atoms with van der Waals surface area (Å²) in [5.41, 5.74) is 1.75. The summed E-state index contributed by atoms with van der Waals surface area (Å²) < 4.78 is 39.9. The van der Waals surface area contributed by atoms with Crippen molar-refractivity contribution >= 4 is 27.3 Å². The molecule has 0 aliphatic carbocycles. The van der Waals surface area contributed by atoms with Gasteiger partial charge in [-0.05, 0) is 57.3 Å². The van der Waals surface area contributed by atoms with Crippen molar-refractivity contribution in [2.24, 2.45) is 0 Å². The maximum Gasteiger partial charge on any atom is 0.262 e. The summed E-state index contributed by atoms with van der Waals surface area (Å²) in [6.07, 6.45) is 0.706. The molecule has 0 radical (unpaired) electrons. The minimum Gasteiger partial charge on any atom is -0.496 e. The van der Waals surface area contributed by atoms with Crippen LogP contribution in [0.5, 0.6) is 11.5 Å². The highest BCUT2D eigenvalue weighted by atomic mass is 35.5. The van der Waals surface area contributed by atoms with Gasteiger partial charge in [0.25, 0.3) is 10.0 Å². The lowest BCUT2D eigenvalue weighted by Crippen LogP contribution is -2.38. The van der Waals surface area contributed by atoms with E-state index in [1.54, 1.807) is 38.3 Å². The van der Waals surface area contributed by atoms with Crippen molar-refractivity contribution < 1.29 is 17.9 Å². The van der Waals surface area contributed by atoms with Gasteiger partial charge in [0.2, 0.25) is 0 Å². The highest BCUT2D eigenvalue weighted by molar-refractivity contribution is 7.92. The van der Waals surface area contributed by atoms with Crippen LogP contribution in [0.15, 0.2) is 35.2 Å². The highest BCUT2D eigenvalue weighted by Crippen LogP contribution is 2.41. The van der Waals surface area contributed by atoms with Crippen LogP contribution in [0, 0.1) is 6.92 Å². The number of fused-ring (bicyclic) bond motifs is 1. The Labute approximate surface area is 165 Å². The van der Waals surface area contributed by atoms with Crippen LogP contribution in [-0.2, 0) is 16.4 Å². The molecular weight excluding hydrogens is 388 g/mol. The Morgan fingerprint density at radius 3 is 2.67 bits per heavy atom. The van der Waals surface area contributed by atoms with Crippen molar-refractivity contribution in [1.29, 1.82) is 0 Å². The maximum atomic E-state index is 12.9. The summed E-state index contributed by atoms with van der Waals surface area (Å²) in [6, 6.07) is 8.41. The van der Waals surface area contributed by atoms with Crippen LogP contribution in [0.2, 0.25) is 5.02 Å². The predicted octanol–water partition coefficient (Wildman–Crippen LogP) is 3.32. The van der Waals surface area contributed by atoms with Gasteiger partial charge >= 0.3 is 0 Å². The Morgan fingerprint density at radius 2 is 2.00 bits per heavy atom. The normalized spacial score (nSPS) is 16.6. The molecule has 0 unspecified atom stereocenters. The maximum absolute atomic E-state index is 12.9. The van der Waals surface area contributed by atoms with E-state index in [-0.39, 0.29) is 10.9 Å². The largest absolute Gasteiger partial charge is 0.496 e. The summed E-state index contributed by atoms with van der Waals surface area (Å²) in [6.45, 7) is 2.15. The molecule has 1 N–H and O–H groups in total. The fraction of sp³-hybridized carbons (Fsp3) is 0.368. The number of nitrogens with zero attached hydrogens (tertiary/aromatic N) is 1. The molecule has 0 amide bonds. The van der Waals surface area contributed by atoms with Gasteiger partial charge in [-0.1, -0.05) is 17.7 Å². The molecule has 0 fully saturated rings. The second kappa shape index (κ2) is 7.58. The number of sulfonamides is 1. The molecule has 0 saturated heterocycles. The molecule has 1 aliphatic rings. The van der Waals surface area contributed by atoms with Crippen molar-refractivity contribution in [2.75, 3.05) is 32.5 Å². The third-order valence-electron chi connectivity index (χ3n) is 4.78. The lowest BCUT2D eigenvalue weighted by Gasteiger charge is -2.32. The van der Waals surface area contributed by atoms with Crippen LogP contribution < -0.4 is 14.2 Å². The van der Waals surface area contributed by atoms with E-state index in [9.17, 15) is 8.42 Å². The number of nitrogens with one attached hydrogen (secondary N) is 1. The molecule has 3 rings (SSSR count). The molecule has 2 aromatic carbocycles. The molecule has 27 heavy (non-hydrogen) atoms. The van der Waals surface area contributed by atoms with Crippen molar-refractivity contribution in [3.63, 3.8) is 0 Å². The van der Waals surface area contributed by atoms with Crippen LogP contribution in [-0.4, -0.2) is 47.2 Å². The molecule has 146 valence electrons. The minimum absolute atomic E-state index is 0.140. The molecule has 1 atom stereocenters. The fourth-order valence-electron chi connectivity index (χ4n) is 3.12. The number of rotatable bonds is 5. The third-order valence-corrected chi connectivity index (χ3v) is 6.70. The van der Waals surface area contributed by atoms with Gasteiger partial charge in [-0.15, -0.1) is 0 Å². The van der Waals surface area contributed by atoms with Gasteiger partial charge in [0.1, 0.15) is 18.1 Å². The van der Waals surface area contributed by atoms with Crippen LogP contribution in [0.25, 0.3) is 0 Å². The molecule has 1 heterocycles. The van der Waals surface area contributed by atoms with Gasteiger partial charge < -0.3 is 14.4 Å². The number of benzene rings is 2. The molecule has 0 spiro atoms. The Balaban J connectivity index is 2.01. The SMILES string of the molecule is COc1ccc(NS(=O)(=O)c2cccc(Cl)c2C)c2c1C[C@@H](N(C)C)CO2.